The van der Waals surface area contributed by atoms with Crippen molar-refractivity contribution in [2.75, 3.05) is 19.6 Å². The van der Waals surface area contributed by atoms with Crippen LogP contribution in [0.25, 0.3) is 0 Å². The van der Waals surface area contributed by atoms with Gasteiger partial charge in [-0.3, -0.25) is 0 Å². The quantitative estimate of drug-likeness (QED) is 0.738. The fraction of sp³-hybridized carbons (Fsp3) is 0.857. The van der Waals surface area contributed by atoms with E-state index in [0.29, 0.717) is 25.6 Å². The van der Waals surface area contributed by atoms with Gasteiger partial charge in [0.25, 0.3) is 0 Å². The van der Waals surface area contributed by atoms with E-state index in [0.717, 1.165) is 19.3 Å². The lowest BCUT2D eigenvalue weighted by atomic mass is 10.00. The topological polar surface area (TPSA) is 81.1 Å². The molecule has 0 bridgehead atoms. The molecule has 2 amide bonds. The largest absolute Gasteiger partial charge is 0.480 e. The maximum Gasteiger partial charge on any atom is 0.326 e. The molecule has 0 radical (unpaired) electrons. The van der Waals surface area contributed by atoms with Gasteiger partial charge in [-0.05, 0) is 31.1 Å². The summed E-state index contributed by atoms with van der Waals surface area (Å²) < 4.78 is 0. The van der Waals surface area contributed by atoms with Crippen molar-refractivity contribution in [2.45, 2.75) is 38.3 Å². The average Bonchev–Trinajstić information content (AvgIpc) is 3.05. The molecule has 0 aromatic rings. The van der Waals surface area contributed by atoms with Gasteiger partial charge in [-0.1, -0.05) is 6.92 Å². The molecule has 112 valence electrons. The van der Waals surface area contributed by atoms with Gasteiger partial charge in [-0.2, -0.15) is 0 Å². The first-order valence-corrected chi connectivity index (χ1v) is 7.45. The lowest BCUT2D eigenvalue weighted by Gasteiger charge is -2.29. The molecule has 2 heterocycles. The highest BCUT2D eigenvalue weighted by atomic mass is 16.4. The second kappa shape index (κ2) is 4.91. The van der Waals surface area contributed by atoms with Crippen LogP contribution in [0.5, 0.6) is 0 Å². The molecular formula is C14H22N2O4. The zero-order valence-corrected chi connectivity index (χ0v) is 11.7. The molecule has 6 heteroatoms. The van der Waals surface area contributed by atoms with E-state index in [2.05, 4.69) is 0 Å². The predicted octanol–water partition coefficient (Wildman–Crippen LogP) is 0.604. The van der Waals surface area contributed by atoms with Crippen LogP contribution in [0.2, 0.25) is 0 Å². The van der Waals surface area contributed by atoms with Crippen LogP contribution >= 0.6 is 0 Å². The maximum absolute atomic E-state index is 12.6. The number of rotatable bonds is 1. The van der Waals surface area contributed by atoms with Crippen molar-refractivity contribution in [2.24, 2.45) is 17.8 Å². The van der Waals surface area contributed by atoms with Crippen molar-refractivity contribution >= 4 is 12.0 Å². The minimum absolute atomic E-state index is 0.00384. The summed E-state index contributed by atoms with van der Waals surface area (Å²) in [6.07, 6.45) is 2.24. The van der Waals surface area contributed by atoms with Crippen LogP contribution in [-0.4, -0.2) is 63.8 Å². The summed E-state index contributed by atoms with van der Waals surface area (Å²) in [5.41, 5.74) is 0. The Morgan fingerprint density at radius 2 is 1.90 bits per heavy atom. The number of aliphatic hydroxyl groups is 1. The van der Waals surface area contributed by atoms with Crippen molar-refractivity contribution in [1.82, 2.24) is 9.80 Å². The number of hydrogen-bond donors (Lipinski definition) is 2. The number of fused-ring (bicyclic) bond motifs is 1. The van der Waals surface area contributed by atoms with E-state index in [4.69, 9.17) is 0 Å². The number of carboxylic acids is 1. The molecule has 6 nitrogen and oxygen atoms in total. The van der Waals surface area contributed by atoms with E-state index in [1.165, 1.54) is 4.90 Å². The van der Waals surface area contributed by atoms with E-state index in [-0.39, 0.29) is 24.0 Å². The van der Waals surface area contributed by atoms with Gasteiger partial charge in [-0.25, -0.2) is 9.59 Å². The number of carboxylic acid groups (broad SMARTS) is 1. The lowest BCUT2D eigenvalue weighted by Crippen LogP contribution is -2.49. The van der Waals surface area contributed by atoms with Crippen LogP contribution in [0.1, 0.15) is 26.2 Å². The second-order valence-corrected chi connectivity index (χ2v) is 6.50. The summed E-state index contributed by atoms with van der Waals surface area (Å²) in [5, 5.41) is 19.2. The molecule has 0 aromatic carbocycles. The van der Waals surface area contributed by atoms with Gasteiger partial charge in [0.15, 0.2) is 0 Å². The van der Waals surface area contributed by atoms with Gasteiger partial charge in [0.05, 0.1) is 6.10 Å². The van der Waals surface area contributed by atoms with Crippen molar-refractivity contribution in [3.8, 4) is 0 Å². The van der Waals surface area contributed by atoms with Gasteiger partial charge in [0.1, 0.15) is 6.04 Å². The van der Waals surface area contributed by atoms with E-state index >= 15 is 0 Å². The molecule has 3 fully saturated rings. The summed E-state index contributed by atoms with van der Waals surface area (Å²) >= 11 is 0. The second-order valence-electron chi connectivity index (χ2n) is 6.50. The Kier molecular flexibility index (Phi) is 3.36. The molecule has 2 saturated heterocycles. The van der Waals surface area contributed by atoms with Gasteiger partial charge >= 0.3 is 12.0 Å². The van der Waals surface area contributed by atoms with Crippen molar-refractivity contribution in [3.63, 3.8) is 0 Å². The van der Waals surface area contributed by atoms with E-state index < -0.39 is 12.0 Å². The Hall–Kier alpha value is -1.30. The highest BCUT2D eigenvalue weighted by molar-refractivity contribution is 5.83. The lowest BCUT2D eigenvalue weighted by molar-refractivity contribution is -0.142. The Bertz CT molecular complexity index is 427. The fourth-order valence-electron chi connectivity index (χ4n) is 4.11. The van der Waals surface area contributed by atoms with Crippen LogP contribution in [0.3, 0.4) is 0 Å². The smallest absolute Gasteiger partial charge is 0.326 e. The molecule has 5 unspecified atom stereocenters. The third kappa shape index (κ3) is 2.06. The standard InChI is InChI=1S/C14H22N2O4/c1-8-4-5-16(12(8)13(18)19)14(20)15-6-9-2-3-11(17)10(9)7-15/h8-12,17H,2-7H2,1H3,(H,18,19). The van der Waals surface area contributed by atoms with E-state index in [1.54, 1.807) is 4.90 Å². The molecule has 20 heavy (non-hydrogen) atoms. The molecule has 2 N–H and O–H groups in total. The summed E-state index contributed by atoms with van der Waals surface area (Å²) in [7, 11) is 0. The molecule has 0 spiro atoms. The molecule has 1 aliphatic carbocycles. The van der Waals surface area contributed by atoms with Crippen molar-refractivity contribution in [1.29, 1.82) is 0 Å². The minimum Gasteiger partial charge on any atom is -0.480 e. The number of carbonyl (C=O) groups is 2. The van der Waals surface area contributed by atoms with Crippen LogP contribution < -0.4 is 0 Å². The number of aliphatic hydroxyl groups excluding tert-OH is 1. The normalized spacial score (nSPS) is 40.2. The number of urea groups is 1. The summed E-state index contributed by atoms with van der Waals surface area (Å²) in [6, 6.07) is -0.865. The van der Waals surface area contributed by atoms with Crippen LogP contribution in [0.15, 0.2) is 0 Å². The molecule has 1 saturated carbocycles. The highest BCUT2D eigenvalue weighted by Crippen LogP contribution is 2.39. The summed E-state index contributed by atoms with van der Waals surface area (Å²) in [4.78, 5) is 27.1. The van der Waals surface area contributed by atoms with Gasteiger partial charge < -0.3 is 20.0 Å². The maximum atomic E-state index is 12.6. The first-order valence-electron chi connectivity index (χ1n) is 7.45. The molecule has 5 atom stereocenters. The zero-order chi connectivity index (χ0) is 14.4. The van der Waals surface area contributed by atoms with Crippen LogP contribution in [0.4, 0.5) is 4.79 Å². The summed E-state index contributed by atoms with van der Waals surface area (Å²) in [5.74, 6) is -0.341. The van der Waals surface area contributed by atoms with Crippen molar-refractivity contribution in [3.05, 3.63) is 0 Å². The zero-order valence-electron chi connectivity index (χ0n) is 11.7. The van der Waals surface area contributed by atoms with Gasteiger partial charge in [0, 0.05) is 25.6 Å². The molecule has 3 rings (SSSR count). The van der Waals surface area contributed by atoms with Gasteiger partial charge in [0.2, 0.25) is 0 Å². The average molecular weight is 282 g/mol. The number of hydrogen-bond acceptors (Lipinski definition) is 3. The molecule has 3 aliphatic rings. The molecule has 0 aromatic heterocycles. The first kappa shape index (κ1) is 13.7. The number of aliphatic carboxylic acids is 1. The molecular weight excluding hydrogens is 260 g/mol. The Morgan fingerprint density at radius 3 is 2.55 bits per heavy atom. The van der Waals surface area contributed by atoms with Gasteiger partial charge in [-0.15, -0.1) is 0 Å². The number of nitrogens with zero attached hydrogens (tertiary/aromatic N) is 2. The summed E-state index contributed by atoms with van der Waals surface area (Å²) in [6.45, 7) is 3.64. The van der Waals surface area contributed by atoms with Crippen LogP contribution in [0, 0.1) is 17.8 Å². The SMILES string of the molecule is CC1CCN(C(=O)N2CC3CCC(O)C3C2)C1C(=O)O. The van der Waals surface area contributed by atoms with E-state index in [1.807, 2.05) is 6.92 Å². The Balaban J connectivity index is 1.69. The third-order valence-corrected chi connectivity index (χ3v) is 5.29. The number of amides is 2. The fourth-order valence-corrected chi connectivity index (χ4v) is 4.11. The first-order chi connectivity index (χ1) is 9.49. The Labute approximate surface area is 118 Å². The number of likely N-dealkylation sites (tertiary alicyclic amines) is 2. The van der Waals surface area contributed by atoms with Crippen LogP contribution in [-0.2, 0) is 4.79 Å². The van der Waals surface area contributed by atoms with Crippen molar-refractivity contribution < 1.29 is 19.8 Å². The van der Waals surface area contributed by atoms with E-state index in [9.17, 15) is 19.8 Å². The Morgan fingerprint density at radius 1 is 1.15 bits per heavy atom. The minimum atomic E-state index is -0.914. The third-order valence-electron chi connectivity index (χ3n) is 5.29. The highest BCUT2D eigenvalue weighted by Gasteiger charge is 2.47. The monoisotopic (exact) mass is 282 g/mol. The predicted molar refractivity (Wildman–Crippen MR) is 71.1 cm³/mol. The molecule has 2 aliphatic heterocycles. The number of carbonyl (C=O) groups excluding carboxylic acids is 1.